The van der Waals surface area contributed by atoms with Gasteiger partial charge in [-0.25, -0.2) is 8.42 Å². The summed E-state index contributed by atoms with van der Waals surface area (Å²) in [4.78, 5) is 4.92. The van der Waals surface area contributed by atoms with Gasteiger partial charge in [-0.05, 0) is 44.7 Å². The second kappa shape index (κ2) is 7.72. The number of piperidine rings is 1. The van der Waals surface area contributed by atoms with Crippen molar-refractivity contribution in [2.45, 2.75) is 51.0 Å². The number of aromatic nitrogens is 2. The van der Waals surface area contributed by atoms with Crippen molar-refractivity contribution in [2.75, 3.05) is 6.54 Å². The number of benzene rings is 2. The Kier molecular flexibility index (Phi) is 5.27. The van der Waals surface area contributed by atoms with E-state index in [2.05, 4.69) is 10.1 Å². The molecule has 4 rings (SSSR count). The first-order valence-corrected chi connectivity index (χ1v) is 11.3. The highest BCUT2D eigenvalue weighted by Crippen LogP contribution is 2.37. The number of hydrogen-bond donors (Lipinski definition) is 0. The first-order chi connectivity index (χ1) is 13.9. The van der Waals surface area contributed by atoms with Crippen LogP contribution in [0, 0.1) is 20.8 Å². The smallest absolute Gasteiger partial charge is 0.245 e. The Balaban J connectivity index is 1.73. The third-order valence-corrected chi connectivity index (χ3v) is 7.60. The second-order valence-electron chi connectivity index (χ2n) is 7.68. The van der Waals surface area contributed by atoms with Gasteiger partial charge in [0.2, 0.25) is 21.7 Å². The number of hydrogen-bond acceptors (Lipinski definition) is 5. The third-order valence-electron chi connectivity index (χ3n) is 5.38. The maximum Gasteiger partial charge on any atom is 0.245 e. The molecule has 3 aromatic rings. The van der Waals surface area contributed by atoms with E-state index in [1.54, 1.807) is 4.31 Å². The average molecular weight is 412 g/mol. The van der Waals surface area contributed by atoms with Crippen LogP contribution in [0.1, 0.15) is 47.9 Å². The van der Waals surface area contributed by atoms with Crippen molar-refractivity contribution in [1.82, 2.24) is 14.4 Å². The maximum atomic E-state index is 13.6. The zero-order valence-corrected chi connectivity index (χ0v) is 17.7. The summed E-state index contributed by atoms with van der Waals surface area (Å²) in [5.41, 5.74) is 3.43. The topological polar surface area (TPSA) is 76.3 Å². The van der Waals surface area contributed by atoms with Crippen molar-refractivity contribution in [3.63, 3.8) is 0 Å². The van der Waals surface area contributed by atoms with Crippen LogP contribution in [0.15, 0.2) is 51.9 Å². The van der Waals surface area contributed by atoms with Crippen LogP contribution in [-0.2, 0) is 10.0 Å². The van der Waals surface area contributed by atoms with Gasteiger partial charge >= 0.3 is 0 Å². The molecule has 1 aromatic heterocycles. The van der Waals surface area contributed by atoms with Crippen LogP contribution >= 0.6 is 0 Å². The van der Waals surface area contributed by atoms with Crippen LogP contribution in [0.25, 0.3) is 11.4 Å². The highest BCUT2D eigenvalue weighted by molar-refractivity contribution is 7.89. The fourth-order valence-electron chi connectivity index (χ4n) is 4.21. The molecule has 1 saturated heterocycles. The van der Waals surface area contributed by atoms with E-state index in [1.165, 1.54) is 0 Å². The fraction of sp³-hybridized carbons (Fsp3) is 0.364. The monoisotopic (exact) mass is 411 g/mol. The number of aryl methyl sites for hydroxylation is 3. The summed E-state index contributed by atoms with van der Waals surface area (Å²) >= 11 is 0. The summed E-state index contributed by atoms with van der Waals surface area (Å²) in [6, 6.07) is 12.9. The Morgan fingerprint density at radius 3 is 2.41 bits per heavy atom. The van der Waals surface area contributed by atoms with E-state index in [4.69, 9.17) is 4.52 Å². The lowest BCUT2D eigenvalue weighted by atomic mass is 10.1. The molecule has 29 heavy (non-hydrogen) atoms. The molecule has 0 bridgehead atoms. The zero-order chi connectivity index (χ0) is 20.6. The van der Waals surface area contributed by atoms with E-state index >= 15 is 0 Å². The van der Waals surface area contributed by atoms with Crippen molar-refractivity contribution < 1.29 is 12.9 Å². The molecule has 0 N–H and O–H groups in total. The summed E-state index contributed by atoms with van der Waals surface area (Å²) in [6.07, 6.45) is 2.41. The molecular weight excluding hydrogens is 386 g/mol. The lowest BCUT2D eigenvalue weighted by Gasteiger charge is -2.33. The third kappa shape index (κ3) is 3.72. The minimum absolute atomic E-state index is 0.356. The maximum absolute atomic E-state index is 13.6. The van der Waals surface area contributed by atoms with E-state index in [0.29, 0.717) is 29.6 Å². The van der Waals surface area contributed by atoms with E-state index < -0.39 is 16.1 Å². The van der Waals surface area contributed by atoms with Crippen molar-refractivity contribution in [1.29, 1.82) is 0 Å². The molecule has 0 saturated carbocycles. The number of nitrogens with zero attached hydrogens (tertiary/aromatic N) is 3. The van der Waals surface area contributed by atoms with E-state index in [1.807, 2.05) is 63.2 Å². The van der Waals surface area contributed by atoms with Crippen LogP contribution < -0.4 is 0 Å². The summed E-state index contributed by atoms with van der Waals surface area (Å²) < 4.78 is 34.4. The molecule has 1 aliphatic rings. The highest BCUT2D eigenvalue weighted by atomic mass is 32.2. The first-order valence-electron chi connectivity index (χ1n) is 9.86. The molecule has 0 spiro atoms. The molecule has 152 valence electrons. The van der Waals surface area contributed by atoms with Gasteiger partial charge < -0.3 is 4.52 Å². The van der Waals surface area contributed by atoms with Gasteiger partial charge in [-0.2, -0.15) is 9.29 Å². The molecule has 1 atom stereocenters. The van der Waals surface area contributed by atoms with Gasteiger partial charge in [-0.1, -0.05) is 59.6 Å². The van der Waals surface area contributed by atoms with Crippen molar-refractivity contribution >= 4 is 10.0 Å². The molecule has 0 radical (unpaired) electrons. The van der Waals surface area contributed by atoms with Crippen LogP contribution in [0.5, 0.6) is 0 Å². The van der Waals surface area contributed by atoms with Crippen molar-refractivity contribution in [3.8, 4) is 11.4 Å². The zero-order valence-electron chi connectivity index (χ0n) is 16.9. The van der Waals surface area contributed by atoms with Crippen molar-refractivity contribution in [3.05, 3.63) is 65.0 Å². The Bertz CT molecular complexity index is 1100. The number of sulfonamides is 1. The fourth-order valence-corrected chi connectivity index (χ4v) is 6.27. The van der Waals surface area contributed by atoms with Gasteiger partial charge in [0.1, 0.15) is 6.04 Å². The lowest BCUT2D eigenvalue weighted by molar-refractivity contribution is 0.204. The predicted octanol–water partition coefficient (Wildman–Crippen LogP) is 4.58. The SMILES string of the molecule is Cc1cc(C)c(S(=O)(=O)N2CCCCC2c2nc(-c3ccccc3)no2)c(C)c1. The summed E-state index contributed by atoms with van der Waals surface area (Å²) in [7, 11) is -3.69. The molecule has 1 fully saturated rings. The molecule has 0 aliphatic carbocycles. The van der Waals surface area contributed by atoms with Gasteiger partial charge in [0.25, 0.3) is 0 Å². The predicted molar refractivity (Wildman–Crippen MR) is 111 cm³/mol. The van der Waals surface area contributed by atoms with Crippen LogP contribution in [-0.4, -0.2) is 29.4 Å². The minimum atomic E-state index is -3.69. The van der Waals surface area contributed by atoms with E-state index in [9.17, 15) is 8.42 Å². The molecule has 1 aliphatic heterocycles. The summed E-state index contributed by atoms with van der Waals surface area (Å²) in [6.45, 7) is 6.13. The van der Waals surface area contributed by atoms with Crippen LogP contribution in [0.2, 0.25) is 0 Å². The van der Waals surface area contributed by atoms with Crippen molar-refractivity contribution in [2.24, 2.45) is 0 Å². The second-order valence-corrected chi connectivity index (χ2v) is 9.50. The van der Waals surface area contributed by atoms with E-state index in [0.717, 1.165) is 35.1 Å². The van der Waals surface area contributed by atoms with Gasteiger partial charge in [0, 0.05) is 12.1 Å². The number of rotatable bonds is 4. The molecule has 2 heterocycles. The molecule has 6 nitrogen and oxygen atoms in total. The molecule has 7 heteroatoms. The Morgan fingerprint density at radius 2 is 1.72 bits per heavy atom. The summed E-state index contributed by atoms with van der Waals surface area (Å²) in [5, 5.41) is 4.09. The molecular formula is C22H25N3O3S. The van der Waals surface area contributed by atoms with Gasteiger partial charge in [-0.15, -0.1) is 0 Å². The Hall–Kier alpha value is -2.51. The Morgan fingerprint density at radius 1 is 1.03 bits per heavy atom. The first kappa shape index (κ1) is 19.8. The quantitative estimate of drug-likeness (QED) is 0.628. The van der Waals surface area contributed by atoms with Gasteiger partial charge in [0.15, 0.2) is 0 Å². The van der Waals surface area contributed by atoms with Gasteiger partial charge in [-0.3, -0.25) is 0 Å². The molecule has 1 unspecified atom stereocenters. The van der Waals surface area contributed by atoms with Crippen LogP contribution in [0.4, 0.5) is 0 Å². The molecule has 0 amide bonds. The standard InChI is InChI=1S/C22H25N3O3S/c1-15-13-16(2)20(17(3)14-15)29(26,27)25-12-8-7-11-19(25)22-23-21(24-28-22)18-9-5-4-6-10-18/h4-6,9-10,13-14,19H,7-8,11-12H2,1-3H3. The lowest BCUT2D eigenvalue weighted by Crippen LogP contribution is -2.39. The highest BCUT2D eigenvalue weighted by Gasteiger charge is 2.39. The van der Waals surface area contributed by atoms with E-state index in [-0.39, 0.29) is 0 Å². The Labute approximate surface area is 171 Å². The van der Waals surface area contributed by atoms with Crippen LogP contribution in [0.3, 0.4) is 0 Å². The summed E-state index contributed by atoms with van der Waals surface area (Å²) in [5.74, 6) is 0.834. The largest absolute Gasteiger partial charge is 0.337 e. The minimum Gasteiger partial charge on any atom is -0.337 e. The molecule has 2 aromatic carbocycles. The average Bonchev–Trinajstić information content (AvgIpc) is 3.18. The normalized spacial score (nSPS) is 18.1. The van der Waals surface area contributed by atoms with Gasteiger partial charge in [0.05, 0.1) is 4.90 Å².